The van der Waals surface area contributed by atoms with Crippen LogP contribution in [0.5, 0.6) is 0 Å². The van der Waals surface area contributed by atoms with Crippen molar-refractivity contribution in [3.05, 3.63) is 0 Å². The zero-order chi connectivity index (χ0) is 7.07. The Bertz CT molecular complexity index is 115. The highest BCUT2D eigenvalue weighted by molar-refractivity contribution is 4.76. The Morgan fingerprint density at radius 1 is 1.56 bits per heavy atom. The van der Waals surface area contributed by atoms with Crippen molar-refractivity contribution in [2.45, 2.75) is 25.0 Å². The molecule has 1 aliphatic rings. The number of rotatable bonds is 0. The van der Waals surface area contributed by atoms with Gasteiger partial charge in [-0.05, 0) is 13.5 Å². The van der Waals surface area contributed by atoms with Gasteiger partial charge in [0, 0.05) is 6.42 Å². The molecule has 1 atom stereocenters. The zero-order valence-corrected chi connectivity index (χ0v) is 5.28. The summed E-state index contributed by atoms with van der Waals surface area (Å²) in [6, 6.07) is 0. The summed E-state index contributed by atoms with van der Waals surface area (Å²) in [6.45, 7) is 0. The first-order valence-corrected chi connectivity index (χ1v) is 2.90. The van der Waals surface area contributed by atoms with Crippen molar-refractivity contribution in [1.29, 1.82) is 0 Å². The van der Waals surface area contributed by atoms with Gasteiger partial charge < -0.3 is 15.3 Å². The highest BCUT2D eigenvalue weighted by Crippen LogP contribution is 2.25. The van der Waals surface area contributed by atoms with Gasteiger partial charge in [-0.3, -0.25) is 0 Å². The van der Waals surface area contributed by atoms with Gasteiger partial charge in [-0.25, -0.2) is 4.90 Å². The van der Waals surface area contributed by atoms with E-state index in [0.717, 1.165) is 4.90 Å². The van der Waals surface area contributed by atoms with Crippen LogP contribution in [0, 0.1) is 0 Å². The van der Waals surface area contributed by atoms with Crippen LogP contribution in [0.15, 0.2) is 0 Å². The summed E-state index contributed by atoms with van der Waals surface area (Å²) in [6.07, 6.45) is -0.0752. The van der Waals surface area contributed by atoms with Crippen LogP contribution in [0.4, 0.5) is 0 Å². The second-order valence-corrected chi connectivity index (χ2v) is 2.40. The standard InChI is InChI=1S/C5H11NO3/c1-6-4(7)2-3-5(6,8)9/h4,7-9H,2-3H2,1H3/t4-/m0/s1. The van der Waals surface area contributed by atoms with Crippen molar-refractivity contribution < 1.29 is 15.3 Å². The summed E-state index contributed by atoms with van der Waals surface area (Å²) in [5, 5.41) is 26.8. The minimum Gasteiger partial charge on any atom is -0.378 e. The van der Waals surface area contributed by atoms with Gasteiger partial charge in [0.15, 0.2) is 0 Å². The lowest BCUT2D eigenvalue weighted by Gasteiger charge is -2.25. The summed E-state index contributed by atoms with van der Waals surface area (Å²) >= 11 is 0. The zero-order valence-electron chi connectivity index (χ0n) is 5.28. The second-order valence-electron chi connectivity index (χ2n) is 2.40. The summed E-state index contributed by atoms with van der Waals surface area (Å²) in [4.78, 5) is 1.13. The molecule has 0 aliphatic carbocycles. The van der Waals surface area contributed by atoms with Crippen molar-refractivity contribution in [2.75, 3.05) is 7.05 Å². The molecular formula is C5H11NO3. The molecule has 0 unspecified atom stereocenters. The monoisotopic (exact) mass is 133 g/mol. The lowest BCUT2D eigenvalue weighted by atomic mass is 10.3. The molecule has 9 heavy (non-hydrogen) atoms. The van der Waals surface area contributed by atoms with Gasteiger partial charge >= 0.3 is 0 Å². The van der Waals surface area contributed by atoms with Crippen LogP contribution in [0.25, 0.3) is 0 Å². The first-order valence-electron chi connectivity index (χ1n) is 2.90. The first kappa shape index (κ1) is 6.95. The number of aliphatic hydroxyl groups excluding tert-OH is 1. The maximum Gasteiger partial charge on any atom is 0.226 e. The van der Waals surface area contributed by atoms with Crippen molar-refractivity contribution in [2.24, 2.45) is 0 Å². The average molecular weight is 133 g/mol. The topological polar surface area (TPSA) is 63.9 Å². The molecule has 4 heteroatoms. The fourth-order valence-corrected chi connectivity index (χ4v) is 0.931. The molecule has 0 aromatic heterocycles. The molecule has 1 heterocycles. The molecule has 1 fully saturated rings. The van der Waals surface area contributed by atoms with Gasteiger partial charge in [0.25, 0.3) is 0 Å². The average Bonchev–Trinajstić information content (AvgIpc) is 1.97. The van der Waals surface area contributed by atoms with Crippen molar-refractivity contribution in [3.8, 4) is 0 Å². The third kappa shape index (κ3) is 1.07. The molecule has 1 aliphatic heterocycles. The lowest BCUT2D eigenvalue weighted by Crippen LogP contribution is -2.44. The maximum absolute atomic E-state index is 8.95. The van der Waals surface area contributed by atoms with Gasteiger partial charge in [0.05, 0.1) is 0 Å². The number of likely N-dealkylation sites (tertiary alicyclic amines) is 1. The number of nitrogens with zero attached hydrogens (tertiary/aromatic N) is 1. The van der Waals surface area contributed by atoms with Crippen LogP contribution in [-0.4, -0.2) is 39.4 Å². The highest BCUT2D eigenvalue weighted by atomic mass is 16.5. The van der Waals surface area contributed by atoms with Crippen LogP contribution < -0.4 is 0 Å². The van der Waals surface area contributed by atoms with Gasteiger partial charge in [0.1, 0.15) is 6.23 Å². The van der Waals surface area contributed by atoms with Gasteiger partial charge in [0.2, 0.25) is 5.91 Å². The van der Waals surface area contributed by atoms with E-state index >= 15 is 0 Å². The molecule has 0 saturated carbocycles. The van der Waals surface area contributed by atoms with E-state index in [1.54, 1.807) is 0 Å². The summed E-state index contributed by atoms with van der Waals surface area (Å²) in [5.41, 5.74) is 0. The Hall–Kier alpha value is -0.160. The van der Waals surface area contributed by atoms with Crippen molar-refractivity contribution in [1.82, 2.24) is 4.90 Å². The maximum atomic E-state index is 8.95. The molecule has 0 aromatic carbocycles. The third-order valence-electron chi connectivity index (χ3n) is 1.75. The molecule has 1 saturated heterocycles. The first-order chi connectivity index (χ1) is 4.04. The third-order valence-corrected chi connectivity index (χ3v) is 1.75. The predicted octanol–water partition coefficient (Wildman–Crippen LogP) is -1.33. The molecule has 0 amide bonds. The summed E-state index contributed by atoms with van der Waals surface area (Å²) in [5.74, 6) is -1.79. The molecule has 1 rings (SSSR count). The molecule has 0 radical (unpaired) electrons. The van der Waals surface area contributed by atoms with Gasteiger partial charge in [-0.15, -0.1) is 0 Å². The largest absolute Gasteiger partial charge is 0.378 e. The fourth-order valence-electron chi connectivity index (χ4n) is 0.931. The van der Waals surface area contributed by atoms with E-state index in [1.807, 2.05) is 0 Å². The van der Waals surface area contributed by atoms with E-state index in [1.165, 1.54) is 7.05 Å². The minimum atomic E-state index is -1.79. The SMILES string of the molecule is CN1[C@@H](O)CCC1(O)O. The van der Waals surface area contributed by atoms with E-state index < -0.39 is 12.1 Å². The van der Waals surface area contributed by atoms with Crippen LogP contribution >= 0.6 is 0 Å². The van der Waals surface area contributed by atoms with E-state index in [-0.39, 0.29) is 6.42 Å². The van der Waals surface area contributed by atoms with Crippen LogP contribution in [0.2, 0.25) is 0 Å². The number of hydrogen-bond donors (Lipinski definition) is 3. The van der Waals surface area contributed by atoms with Crippen LogP contribution in [0.3, 0.4) is 0 Å². The van der Waals surface area contributed by atoms with E-state index in [2.05, 4.69) is 0 Å². The van der Waals surface area contributed by atoms with E-state index in [4.69, 9.17) is 15.3 Å². The molecule has 3 N–H and O–H groups in total. The molecule has 54 valence electrons. The smallest absolute Gasteiger partial charge is 0.226 e. The molecule has 4 nitrogen and oxygen atoms in total. The Balaban J connectivity index is 2.62. The lowest BCUT2D eigenvalue weighted by molar-refractivity contribution is -0.257. The number of hydrogen-bond acceptors (Lipinski definition) is 4. The molecule has 0 aromatic rings. The van der Waals surface area contributed by atoms with Gasteiger partial charge in [-0.2, -0.15) is 0 Å². The normalized spacial score (nSPS) is 35.3. The Kier molecular flexibility index (Phi) is 1.48. The predicted molar refractivity (Wildman–Crippen MR) is 30.2 cm³/mol. The summed E-state index contributed by atoms with van der Waals surface area (Å²) in [7, 11) is 1.47. The van der Waals surface area contributed by atoms with Crippen LogP contribution in [-0.2, 0) is 0 Å². The highest BCUT2D eigenvalue weighted by Gasteiger charge is 2.39. The Labute approximate surface area is 53.3 Å². The fraction of sp³-hybridized carbons (Fsp3) is 1.00. The van der Waals surface area contributed by atoms with Crippen LogP contribution in [0.1, 0.15) is 12.8 Å². The van der Waals surface area contributed by atoms with E-state index in [0.29, 0.717) is 6.42 Å². The molecular weight excluding hydrogens is 122 g/mol. The minimum absolute atomic E-state index is 0.213. The Morgan fingerprint density at radius 3 is 2.22 bits per heavy atom. The van der Waals surface area contributed by atoms with E-state index in [9.17, 15) is 0 Å². The second kappa shape index (κ2) is 1.91. The summed E-state index contributed by atoms with van der Waals surface area (Å²) < 4.78 is 0. The number of aliphatic hydroxyl groups is 3. The van der Waals surface area contributed by atoms with Crippen molar-refractivity contribution >= 4 is 0 Å². The quantitative estimate of drug-likeness (QED) is 0.358. The Morgan fingerprint density at radius 2 is 2.11 bits per heavy atom. The molecule has 0 bridgehead atoms. The van der Waals surface area contributed by atoms with Gasteiger partial charge in [-0.1, -0.05) is 0 Å². The van der Waals surface area contributed by atoms with Crippen molar-refractivity contribution in [3.63, 3.8) is 0 Å². The molecule has 0 spiro atoms.